The number of thiazole rings is 1. The van der Waals surface area contributed by atoms with E-state index in [-0.39, 0.29) is 11.1 Å². The van der Waals surface area contributed by atoms with Crippen molar-refractivity contribution in [2.45, 2.75) is 0 Å². The van der Waals surface area contributed by atoms with Crippen LogP contribution in [0.1, 0.15) is 5.56 Å². The molecule has 0 N–H and O–H groups in total. The van der Waals surface area contributed by atoms with E-state index in [0.717, 1.165) is 28.7 Å². The molecule has 0 atom stereocenters. The number of morpholine rings is 1. The quantitative estimate of drug-likeness (QED) is 0.792. The topological polar surface area (TPSA) is 96.7 Å². The number of anilines is 1. The SMILES string of the molecule is N#CC(C#N)=C(C#N)c1ccc(-c2cnc(N3CCOCC3)s2)cc1. The van der Waals surface area contributed by atoms with E-state index in [2.05, 4.69) is 9.88 Å². The zero-order valence-corrected chi connectivity index (χ0v) is 14.1. The minimum Gasteiger partial charge on any atom is -0.378 e. The number of allylic oxidation sites excluding steroid dienone is 2. The van der Waals surface area contributed by atoms with Crippen molar-refractivity contribution in [1.82, 2.24) is 4.98 Å². The molecular formula is C18H13N5OS. The first-order chi connectivity index (χ1) is 12.3. The molecule has 0 radical (unpaired) electrons. The summed E-state index contributed by atoms with van der Waals surface area (Å²) in [6.07, 6.45) is 1.83. The molecule has 6 nitrogen and oxygen atoms in total. The maximum atomic E-state index is 9.21. The Labute approximate surface area is 149 Å². The summed E-state index contributed by atoms with van der Waals surface area (Å²) in [6, 6.07) is 12.7. The van der Waals surface area contributed by atoms with Gasteiger partial charge in [-0.2, -0.15) is 15.8 Å². The molecule has 1 aliphatic rings. The Balaban J connectivity index is 1.85. The predicted molar refractivity (Wildman–Crippen MR) is 94.3 cm³/mol. The number of aromatic nitrogens is 1. The lowest BCUT2D eigenvalue weighted by Crippen LogP contribution is -2.36. The number of nitriles is 3. The molecule has 25 heavy (non-hydrogen) atoms. The molecule has 1 fully saturated rings. The van der Waals surface area contributed by atoms with Crippen molar-refractivity contribution in [1.29, 1.82) is 15.8 Å². The smallest absolute Gasteiger partial charge is 0.186 e. The van der Waals surface area contributed by atoms with Gasteiger partial charge in [0, 0.05) is 19.3 Å². The second kappa shape index (κ2) is 7.59. The number of ether oxygens (including phenoxy) is 1. The van der Waals surface area contributed by atoms with Crippen LogP contribution in [0, 0.1) is 34.0 Å². The lowest BCUT2D eigenvalue weighted by Gasteiger charge is -2.25. The Bertz CT molecular complexity index is 902. The van der Waals surface area contributed by atoms with Gasteiger partial charge in [-0.05, 0) is 11.1 Å². The Morgan fingerprint density at radius 2 is 1.72 bits per heavy atom. The van der Waals surface area contributed by atoms with Gasteiger partial charge in [0.1, 0.15) is 23.8 Å². The van der Waals surface area contributed by atoms with Crippen molar-refractivity contribution >= 4 is 22.0 Å². The average Bonchev–Trinajstić information content (AvgIpc) is 3.17. The maximum Gasteiger partial charge on any atom is 0.186 e. The van der Waals surface area contributed by atoms with Gasteiger partial charge in [-0.3, -0.25) is 0 Å². The van der Waals surface area contributed by atoms with Crippen molar-refractivity contribution in [3.63, 3.8) is 0 Å². The molecule has 1 aromatic heterocycles. The third kappa shape index (κ3) is 3.51. The summed E-state index contributed by atoms with van der Waals surface area (Å²) in [5, 5.41) is 28.1. The van der Waals surface area contributed by atoms with Gasteiger partial charge in [0.05, 0.1) is 23.7 Å². The van der Waals surface area contributed by atoms with Crippen LogP contribution in [0.25, 0.3) is 16.0 Å². The molecule has 1 aliphatic heterocycles. The highest BCUT2D eigenvalue weighted by Crippen LogP contribution is 2.32. The molecule has 122 valence electrons. The molecule has 0 amide bonds. The molecular weight excluding hydrogens is 334 g/mol. The van der Waals surface area contributed by atoms with Crippen LogP contribution in [0.2, 0.25) is 0 Å². The minimum absolute atomic E-state index is 0.0925. The van der Waals surface area contributed by atoms with Gasteiger partial charge in [0.15, 0.2) is 5.13 Å². The van der Waals surface area contributed by atoms with Gasteiger partial charge in [-0.1, -0.05) is 35.6 Å². The Kier molecular flexibility index (Phi) is 5.06. The average molecular weight is 347 g/mol. The van der Waals surface area contributed by atoms with E-state index in [4.69, 9.17) is 15.3 Å². The molecule has 7 heteroatoms. The van der Waals surface area contributed by atoms with E-state index in [1.54, 1.807) is 35.6 Å². The van der Waals surface area contributed by atoms with Crippen molar-refractivity contribution in [2.24, 2.45) is 0 Å². The van der Waals surface area contributed by atoms with E-state index in [1.165, 1.54) is 0 Å². The van der Waals surface area contributed by atoms with Crippen molar-refractivity contribution in [3.05, 3.63) is 41.6 Å². The van der Waals surface area contributed by atoms with Crippen molar-refractivity contribution in [2.75, 3.05) is 31.2 Å². The summed E-state index contributed by atoms with van der Waals surface area (Å²) in [5.41, 5.74) is 1.45. The number of hydrogen-bond acceptors (Lipinski definition) is 7. The molecule has 1 aromatic carbocycles. The summed E-state index contributed by atoms with van der Waals surface area (Å²) >= 11 is 1.61. The highest BCUT2D eigenvalue weighted by atomic mass is 32.1. The second-order valence-corrected chi connectivity index (χ2v) is 6.28. The molecule has 2 heterocycles. The molecule has 3 rings (SSSR count). The summed E-state index contributed by atoms with van der Waals surface area (Å²) in [4.78, 5) is 7.71. The first-order valence-corrected chi connectivity index (χ1v) is 8.42. The number of benzene rings is 1. The van der Waals surface area contributed by atoms with Gasteiger partial charge in [0.2, 0.25) is 0 Å². The number of rotatable bonds is 3. The molecule has 0 aliphatic carbocycles. The van der Waals surface area contributed by atoms with E-state index in [9.17, 15) is 5.26 Å². The molecule has 2 aromatic rings. The van der Waals surface area contributed by atoms with Crippen LogP contribution in [0.15, 0.2) is 36.0 Å². The molecule has 0 saturated carbocycles. The van der Waals surface area contributed by atoms with Crippen LogP contribution in [0.3, 0.4) is 0 Å². The Hall–Kier alpha value is -3.18. The lowest BCUT2D eigenvalue weighted by molar-refractivity contribution is 0.122. The zero-order chi connectivity index (χ0) is 17.6. The number of nitrogens with zero attached hydrogens (tertiary/aromatic N) is 5. The van der Waals surface area contributed by atoms with Crippen LogP contribution in [-0.4, -0.2) is 31.3 Å². The maximum absolute atomic E-state index is 9.21. The fourth-order valence-corrected chi connectivity index (χ4v) is 3.48. The third-order valence-electron chi connectivity index (χ3n) is 3.82. The fraction of sp³-hybridized carbons (Fsp3) is 0.222. The molecule has 0 bridgehead atoms. The van der Waals surface area contributed by atoms with Crippen LogP contribution >= 0.6 is 11.3 Å². The highest BCUT2D eigenvalue weighted by molar-refractivity contribution is 7.18. The summed E-state index contributed by atoms with van der Waals surface area (Å²) in [7, 11) is 0. The van der Waals surface area contributed by atoms with Gasteiger partial charge < -0.3 is 9.64 Å². The molecule has 0 spiro atoms. The van der Waals surface area contributed by atoms with Crippen LogP contribution in [-0.2, 0) is 4.74 Å². The summed E-state index contributed by atoms with van der Waals surface area (Å²) in [6.45, 7) is 3.11. The monoisotopic (exact) mass is 347 g/mol. The fourth-order valence-electron chi connectivity index (χ4n) is 2.50. The first-order valence-electron chi connectivity index (χ1n) is 7.60. The van der Waals surface area contributed by atoms with Gasteiger partial charge in [0.25, 0.3) is 0 Å². The summed E-state index contributed by atoms with van der Waals surface area (Å²) < 4.78 is 5.36. The summed E-state index contributed by atoms with van der Waals surface area (Å²) in [5.74, 6) is 0. The standard InChI is InChI=1S/C18H13N5OS/c19-9-15(10-20)16(11-21)13-1-3-14(4-2-13)17-12-22-18(25-17)23-5-7-24-8-6-23/h1-4,12H,5-8H2. The van der Waals surface area contributed by atoms with Crippen molar-refractivity contribution < 1.29 is 4.74 Å². The second-order valence-electron chi connectivity index (χ2n) is 5.27. The number of hydrogen-bond donors (Lipinski definition) is 0. The molecule has 0 unspecified atom stereocenters. The zero-order valence-electron chi connectivity index (χ0n) is 13.3. The van der Waals surface area contributed by atoms with Crippen LogP contribution in [0.4, 0.5) is 5.13 Å². The van der Waals surface area contributed by atoms with Gasteiger partial charge in [-0.25, -0.2) is 4.98 Å². The minimum atomic E-state index is -0.178. The van der Waals surface area contributed by atoms with E-state index in [0.29, 0.717) is 18.8 Å². The Morgan fingerprint density at radius 1 is 1.04 bits per heavy atom. The third-order valence-corrected chi connectivity index (χ3v) is 4.93. The van der Waals surface area contributed by atoms with Gasteiger partial charge in [-0.15, -0.1) is 0 Å². The lowest BCUT2D eigenvalue weighted by atomic mass is 10.0. The van der Waals surface area contributed by atoms with E-state index in [1.807, 2.05) is 24.4 Å². The molecule has 1 saturated heterocycles. The van der Waals surface area contributed by atoms with E-state index >= 15 is 0 Å². The predicted octanol–water partition coefficient (Wildman–Crippen LogP) is 2.97. The van der Waals surface area contributed by atoms with Gasteiger partial charge >= 0.3 is 0 Å². The van der Waals surface area contributed by atoms with Crippen LogP contribution < -0.4 is 4.90 Å². The first kappa shape index (κ1) is 16.7. The largest absolute Gasteiger partial charge is 0.378 e. The Morgan fingerprint density at radius 3 is 2.32 bits per heavy atom. The van der Waals surface area contributed by atoms with Crippen LogP contribution in [0.5, 0.6) is 0 Å². The normalized spacial score (nSPS) is 13.4. The van der Waals surface area contributed by atoms with E-state index < -0.39 is 0 Å². The highest BCUT2D eigenvalue weighted by Gasteiger charge is 2.15. The van der Waals surface area contributed by atoms with Crippen molar-refractivity contribution in [3.8, 4) is 28.6 Å².